The van der Waals surface area contributed by atoms with Crippen molar-refractivity contribution >= 4 is 11.7 Å². The second kappa shape index (κ2) is 5.40. The third kappa shape index (κ3) is 3.47. The molecule has 1 fully saturated rings. The van der Waals surface area contributed by atoms with Gasteiger partial charge in [0.05, 0.1) is 6.10 Å². The first-order valence-electron chi connectivity index (χ1n) is 6.42. The third-order valence-electron chi connectivity index (χ3n) is 3.34. The lowest BCUT2D eigenvalue weighted by Gasteiger charge is -2.14. The lowest BCUT2D eigenvalue weighted by molar-refractivity contribution is 0.199. The highest BCUT2D eigenvalue weighted by Crippen LogP contribution is 2.32. The fourth-order valence-electron chi connectivity index (χ4n) is 1.93. The highest BCUT2D eigenvalue weighted by atomic mass is 16.3. The number of carbonyl (C=O) groups excluding carboxylic acids is 1. The average Bonchev–Trinajstić information content (AvgIpc) is 3.13. The van der Waals surface area contributed by atoms with Crippen LogP contribution >= 0.6 is 0 Å². The van der Waals surface area contributed by atoms with Crippen molar-refractivity contribution in [3.63, 3.8) is 0 Å². The van der Waals surface area contributed by atoms with E-state index in [1.165, 1.54) is 12.8 Å². The van der Waals surface area contributed by atoms with E-state index in [0.717, 1.165) is 11.3 Å². The van der Waals surface area contributed by atoms with Gasteiger partial charge in [-0.3, -0.25) is 0 Å². The van der Waals surface area contributed by atoms with Gasteiger partial charge in [-0.1, -0.05) is 12.1 Å². The Morgan fingerprint density at radius 3 is 2.39 bits per heavy atom. The third-order valence-corrected chi connectivity index (χ3v) is 3.34. The predicted octanol–water partition coefficient (Wildman–Crippen LogP) is 2.66. The van der Waals surface area contributed by atoms with Gasteiger partial charge in [0.25, 0.3) is 0 Å². The summed E-state index contributed by atoms with van der Waals surface area (Å²) in [5.74, 6) is 0.647. The molecule has 98 valence electrons. The molecule has 1 aliphatic carbocycles. The predicted molar refractivity (Wildman–Crippen MR) is 71.4 cm³/mol. The van der Waals surface area contributed by atoms with E-state index in [9.17, 15) is 9.90 Å². The molecule has 2 rings (SSSR count). The molecule has 0 radical (unpaired) electrons. The summed E-state index contributed by atoms with van der Waals surface area (Å²) in [5, 5.41) is 15.1. The maximum Gasteiger partial charge on any atom is 0.319 e. The van der Waals surface area contributed by atoms with Crippen molar-refractivity contribution in [1.82, 2.24) is 5.32 Å². The zero-order chi connectivity index (χ0) is 13.1. The Morgan fingerprint density at radius 2 is 1.89 bits per heavy atom. The summed E-state index contributed by atoms with van der Waals surface area (Å²) >= 11 is 0. The highest BCUT2D eigenvalue weighted by Gasteiger charge is 2.28. The Hall–Kier alpha value is -1.55. The molecular formula is C14H20N2O2. The number of rotatable bonds is 4. The summed E-state index contributed by atoms with van der Waals surface area (Å²) in [6.45, 7) is 3.75. The molecule has 1 saturated carbocycles. The van der Waals surface area contributed by atoms with Gasteiger partial charge in [-0.05, 0) is 50.3 Å². The van der Waals surface area contributed by atoms with E-state index >= 15 is 0 Å². The molecule has 0 heterocycles. The number of aliphatic hydroxyl groups excluding tert-OH is 1. The summed E-state index contributed by atoms with van der Waals surface area (Å²) in [6.07, 6.45) is 1.94. The van der Waals surface area contributed by atoms with Crippen LogP contribution in [0.1, 0.15) is 38.4 Å². The molecule has 0 saturated heterocycles. The number of benzene rings is 1. The maximum atomic E-state index is 11.7. The van der Waals surface area contributed by atoms with Crippen LogP contribution in [0.15, 0.2) is 24.3 Å². The second-order valence-electron chi connectivity index (χ2n) is 5.02. The standard InChI is InChI=1S/C14H20N2O2/c1-9(11-3-4-11)15-14(18)16-13-7-5-12(6-8-13)10(2)17/h5-11,17H,3-4H2,1-2H3,(H2,15,16,18). The van der Waals surface area contributed by atoms with E-state index in [1.807, 2.05) is 19.1 Å². The molecule has 2 amide bonds. The topological polar surface area (TPSA) is 61.4 Å². The minimum atomic E-state index is -0.484. The second-order valence-corrected chi connectivity index (χ2v) is 5.02. The molecule has 18 heavy (non-hydrogen) atoms. The summed E-state index contributed by atoms with van der Waals surface area (Å²) in [4.78, 5) is 11.7. The van der Waals surface area contributed by atoms with Crippen molar-refractivity contribution in [2.45, 2.75) is 38.8 Å². The summed E-state index contributed by atoms with van der Waals surface area (Å²) < 4.78 is 0. The minimum Gasteiger partial charge on any atom is -0.389 e. The largest absolute Gasteiger partial charge is 0.389 e. The van der Waals surface area contributed by atoms with Crippen LogP contribution in [-0.2, 0) is 0 Å². The normalized spacial score (nSPS) is 17.9. The van der Waals surface area contributed by atoms with E-state index in [0.29, 0.717) is 5.92 Å². The van der Waals surface area contributed by atoms with Gasteiger partial charge >= 0.3 is 6.03 Å². The van der Waals surface area contributed by atoms with Crippen molar-refractivity contribution in [3.8, 4) is 0 Å². The summed E-state index contributed by atoms with van der Waals surface area (Å²) in [7, 11) is 0. The molecule has 1 aromatic carbocycles. The van der Waals surface area contributed by atoms with Gasteiger partial charge in [-0.15, -0.1) is 0 Å². The van der Waals surface area contributed by atoms with Crippen LogP contribution < -0.4 is 10.6 Å². The van der Waals surface area contributed by atoms with Crippen LogP contribution in [0, 0.1) is 5.92 Å². The van der Waals surface area contributed by atoms with Gasteiger partial charge < -0.3 is 15.7 Å². The Labute approximate surface area is 107 Å². The molecule has 2 unspecified atom stereocenters. The van der Waals surface area contributed by atoms with Crippen molar-refractivity contribution in [2.24, 2.45) is 5.92 Å². The molecule has 1 aliphatic rings. The van der Waals surface area contributed by atoms with Crippen LogP contribution in [0.4, 0.5) is 10.5 Å². The maximum absolute atomic E-state index is 11.7. The first-order valence-corrected chi connectivity index (χ1v) is 6.42. The first-order chi connectivity index (χ1) is 8.56. The molecule has 0 aliphatic heterocycles. The molecule has 0 bridgehead atoms. The van der Waals surface area contributed by atoms with Crippen molar-refractivity contribution in [3.05, 3.63) is 29.8 Å². The van der Waals surface area contributed by atoms with Gasteiger partial charge in [-0.25, -0.2) is 4.79 Å². The van der Waals surface area contributed by atoms with Gasteiger partial charge in [0, 0.05) is 11.7 Å². The molecular weight excluding hydrogens is 228 g/mol. The van der Waals surface area contributed by atoms with E-state index in [1.54, 1.807) is 19.1 Å². The van der Waals surface area contributed by atoms with Gasteiger partial charge in [-0.2, -0.15) is 0 Å². The monoisotopic (exact) mass is 248 g/mol. The molecule has 3 N–H and O–H groups in total. The van der Waals surface area contributed by atoms with Crippen molar-refractivity contribution in [2.75, 3.05) is 5.32 Å². The average molecular weight is 248 g/mol. The van der Waals surface area contributed by atoms with E-state index in [4.69, 9.17) is 0 Å². The van der Waals surface area contributed by atoms with Crippen molar-refractivity contribution < 1.29 is 9.90 Å². The Morgan fingerprint density at radius 1 is 1.28 bits per heavy atom. The van der Waals surface area contributed by atoms with Crippen LogP contribution in [-0.4, -0.2) is 17.2 Å². The van der Waals surface area contributed by atoms with E-state index in [2.05, 4.69) is 10.6 Å². The number of urea groups is 1. The Kier molecular flexibility index (Phi) is 3.87. The minimum absolute atomic E-state index is 0.167. The van der Waals surface area contributed by atoms with E-state index < -0.39 is 6.10 Å². The Balaban J connectivity index is 1.86. The number of amides is 2. The van der Waals surface area contributed by atoms with Gasteiger partial charge in [0.15, 0.2) is 0 Å². The quantitative estimate of drug-likeness (QED) is 0.767. The number of hydrogen-bond donors (Lipinski definition) is 3. The SMILES string of the molecule is CC(O)c1ccc(NC(=O)NC(C)C2CC2)cc1. The highest BCUT2D eigenvalue weighted by molar-refractivity contribution is 5.89. The van der Waals surface area contributed by atoms with E-state index in [-0.39, 0.29) is 12.1 Å². The molecule has 2 atom stereocenters. The number of anilines is 1. The molecule has 4 heteroatoms. The molecule has 0 aromatic heterocycles. The van der Waals surface area contributed by atoms with Gasteiger partial charge in [0.2, 0.25) is 0 Å². The zero-order valence-electron chi connectivity index (χ0n) is 10.8. The number of aliphatic hydroxyl groups is 1. The lowest BCUT2D eigenvalue weighted by Crippen LogP contribution is -2.37. The fraction of sp³-hybridized carbons (Fsp3) is 0.500. The zero-order valence-corrected chi connectivity index (χ0v) is 10.8. The fourth-order valence-corrected chi connectivity index (χ4v) is 1.93. The van der Waals surface area contributed by atoms with Crippen LogP contribution in [0.5, 0.6) is 0 Å². The molecule has 1 aromatic rings. The lowest BCUT2D eigenvalue weighted by atomic mass is 10.1. The first kappa shape index (κ1) is 12.9. The molecule has 4 nitrogen and oxygen atoms in total. The smallest absolute Gasteiger partial charge is 0.319 e. The van der Waals surface area contributed by atoms with Gasteiger partial charge in [0.1, 0.15) is 0 Å². The molecule has 0 spiro atoms. The Bertz CT molecular complexity index is 410. The summed E-state index contributed by atoms with van der Waals surface area (Å²) in [6, 6.07) is 7.28. The number of nitrogens with one attached hydrogen (secondary N) is 2. The number of hydrogen-bond acceptors (Lipinski definition) is 2. The van der Waals surface area contributed by atoms with Crippen LogP contribution in [0.2, 0.25) is 0 Å². The van der Waals surface area contributed by atoms with Crippen LogP contribution in [0.25, 0.3) is 0 Å². The number of carbonyl (C=O) groups is 1. The van der Waals surface area contributed by atoms with Crippen LogP contribution in [0.3, 0.4) is 0 Å². The van der Waals surface area contributed by atoms with Crippen molar-refractivity contribution in [1.29, 1.82) is 0 Å². The summed E-state index contributed by atoms with van der Waals surface area (Å²) in [5.41, 5.74) is 1.58.